The lowest BCUT2D eigenvalue weighted by Gasteiger charge is -2.29. The van der Waals surface area contributed by atoms with Gasteiger partial charge in [0.2, 0.25) is 5.91 Å². The van der Waals surface area contributed by atoms with Crippen molar-refractivity contribution < 1.29 is 4.79 Å². The van der Waals surface area contributed by atoms with Gasteiger partial charge in [-0.2, -0.15) is 0 Å². The number of amides is 1. The first kappa shape index (κ1) is 16.5. The molecule has 3 nitrogen and oxygen atoms in total. The van der Waals surface area contributed by atoms with Crippen LogP contribution in [0, 0.1) is 17.8 Å². The van der Waals surface area contributed by atoms with E-state index in [1.165, 1.54) is 19.3 Å². The molecule has 0 spiro atoms. The molecule has 0 heterocycles. The van der Waals surface area contributed by atoms with Gasteiger partial charge in [0.25, 0.3) is 0 Å². The predicted molar refractivity (Wildman–Crippen MR) is 80.8 cm³/mol. The van der Waals surface area contributed by atoms with E-state index in [0.717, 1.165) is 25.8 Å². The molecule has 0 radical (unpaired) electrons. The van der Waals surface area contributed by atoms with Crippen molar-refractivity contribution >= 4 is 5.91 Å². The third-order valence-electron chi connectivity index (χ3n) is 4.68. The number of carbonyl (C=O) groups excluding carboxylic acids is 1. The average molecular weight is 268 g/mol. The first-order valence-corrected chi connectivity index (χ1v) is 8.04. The Morgan fingerprint density at radius 1 is 1.26 bits per heavy atom. The summed E-state index contributed by atoms with van der Waals surface area (Å²) in [6, 6.07) is 0.410. The summed E-state index contributed by atoms with van der Waals surface area (Å²) in [5, 5.41) is 3.23. The van der Waals surface area contributed by atoms with Crippen LogP contribution >= 0.6 is 0 Å². The van der Waals surface area contributed by atoms with Crippen molar-refractivity contribution in [3.8, 4) is 0 Å². The Bertz CT molecular complexity index is 265. The van der Waals surface area contributed by atoms with Gasteiger partial charge in [0, 0.05) is 12.5 Å². The van der Waals surface area contributed by atoms with E-state index in [1.54, 1.807) is 0 Å². The van der Waals surface area contributed by atoms with E-state index in [2.05, 4.69) is 26.1 Å². The summed E-state index contributed by atoms with van der Waals surface area (Å²) < 4.78 is 0. The van der Waals surface area contributed by atoms with Gasteiger partial charge < -0.3 is 11.1 Å². The monoisotopic (exact) mass is 268 g/mol. The highest BCUT2D eigenvalue weighted by Crippen LogP contribution is 2.24. The van der Waals surface area contributed by atoms with E-state index in [0.29, 0.717) is 30.2 Å². The number of hydrogen-bond donors (Lipinski definition) is 2. The van der Waals surface area contributed by atoms with Crippen LogP contribution < -0.4 is 11.1 Å². The summed E-state index contributed by atoms with van der Waals surface area (Å²) >= 11 is 0. The van der Waals surface area contributed by atoms with Crippen molar-refractivity contribution in [1.82, 2.24) is 5.32 Å². The molecule has 3 N–H and O–H groups in total. The number of hydrogen-bond acceptors (Lipinski definition) is 2. The fraction of sp³-hybridized carbons (Fsp3) is 0.938. The maximum atomic E-state index is 12.0. The topological polar surface area (TPSA) is 55.1 Å². The average Bonchev–Trinajstić information content (AvgIpc) is 2.37. The van der Waals surface area contributed by atoms with Gasteiger partial charge >= 0.3 is 0 Å². The largest absolute Gasteiger partial charge is 0.353 e. The first-order valence-electron chi connectivity index (χ1n) is 8.04. The first-order chi connectivity index (χ1) is 9.04. The molecule has 1 aliphatic rings. The van der Waals surface area contributed by atoms with Crippen LogP contribution in [0.5, 0.6) is 0 Å². The molecule has 112 valence electrons. The van der Waals surface area contributed by atoms with Crippen molar-refractivity contribution in [2.75, 3.05) is 6.54 Å². The van der Waals surface area contributed by atoms with Crippen molar-refractivity contribution in [3.05, 3.63) is 0 Å². The summed E-state index contributed by atoms with van der Waals surface area (Å²) in [6.45, 7) is 7.43. The third kappa shape index (κ3) is 5.94. The molecule has 0 aliphatic heterocycles. The molecule has 1 rings (SSSR count). The van der Waals surface area contributed by atoms with E-state index in [9.17, 15) is 4.79 Å². The molecule has 1 amide bonds. The van der Waals surface area contributed by atoms with Gasteiger partial charge in [-0.15, -0.1) is 0 Å². The summed E-state index contributed by atoms with van der Waals surface area (Å²) in [6.07, 6.45) is 7.66. The van der Waals surface area contributed by atoms with Crippen LogP contribution in [0.1, 0.15) is 65.7 Å². The zero-order valence-corrected chi connectivity index (χ0v) is 13.0. The number of nitrogens with one attached hydrogen (secondary N) is 1. The Labute approximate surface area is 118 Å². The molecule has 0 bridgehead atoms. The smallest absolute Gasteiger partial charge is 0.220 e. The van der Waals surface area contributed by atoms with Crippen LogP contribution in [0.3, 0.4) is 0 Å². The van der Waals surface area contributed by atoms with E-state index < -0.39 is 0 Å². The zero-order valence-electron chi connectivity index (χ0n) is 13.0. The normalized spacial score (nSPS) is 25.3. The van der Waals surface area contributed by atoms with Crippen molar-refractivity contribution in [1.29, 1.82) is 0 Å². The van der Waals surface area contributed by atoms with Crippen LogP contribution in [0.2, 0.25) is 0 Å². The Kier molecular flexibility index (Phi) is 7.44. The minimum absolute atomic E-state index is 0.237. The van der Waals surface area contributed by atoms with Crippen LogP contribution in [0.25, 0.3) is 0 Å². The van der Waals surface area contributed by atoms with Gasteiger partial charge in [-0.25, -0.2) is 0 Å². The zero-order chi connectivity index (χ0) is 14.3. The Balaban J connectivity index is 2.29. The fourth-order valence-electron chi connectivity index (χ4n) is 3.15. The van der Waals surface area contributed by atoms with Gasteiger partial charge in [0.05, 0.1) is 0 Å². The highest BCUT2D eigenvalue weighted by Gasteiger charge is 2.23. The molecule has 0 aromatic heterocycles. The Hall–Kier alpha value is -0.570. The Morgan fingerprint density at radius 3 is 2.53 bits per heavy atom. The molecule has 3 unspecified atom stereocenters. The second-order valence-electron chi connectivity index (χ2n) is 6.56. The van der Waals surface area contributed by atoms with E-state index in [4.69, 9.17) is 5.73 Å². The summed E-state index contributed by atoms with van der Waals surface area (Å²) in [5.74, 6) is 2.08. The predicted octanol–water partition coefficient (Wildman–Crippen LogP) is 3.08. The van der Waals surface area contributed by atoms with E-state index in [1.807, 2.05) is 0 Å². The standard InChI is InChI=1S/C16H32N2O/c1-12(2)14(10-11-17)8-9-16(19)18-15-7-5-4-6-13(15)3/h12-15H,4-11,17H2,1-3H3,(H,18,19). The molecule has 0 saturated heterocycles. The second kappa shape index (κ2) is 8.57. The second-order valence-corrected chi connectivity index (χ2v) is 6.56. The lowest BCUT2D eigenvalue weighted by Crippen LogP contribution is -2.41. The van der Waals surface area contributed by atoms with Gasteiger partial charge in [-0.05, 0) is 50.0 Å². The molecule has 19 heavy (non-hydrogen) atoms. The molecular weight excluding hydrogens is 236 g/mol. The van der Waals surface area contributed by atoms with Crippen molar-refractivity contribution in [2.24, 2.45) is 23.5 Å². The summed E-state index contributed by atoms with van der Waals surface area (Å²) in [5.41, 5.74) is 5.64. The van der Waals surface area contributed by atoms with Crippen molar-refractivity contribution in [3.63, 3.8) is 0 Å². The van der Waals surface area contributed by atoms with Crippen molar-refractivity contribution in [2.45, 2.75) is 71.8 Å². The number of nitrogens with two attached hydrogens (primary N) is 1. The lowest BCUT2D eigenvalue weighted by molar-refractivity contribution is -0.122. The molecule has 0 aromatic rings. The van der Waals surface area contributed by atoms with E-state index in [-0.39, 0.29) is 5.91 Å². The third-order valence-corrected chi connectivity index (χ3v) is 4.68. The van der Waals surface area contributed by atoms with Gasteiger partial charge in [-0.1, -0.05) is 33.6 Å². The van der Waals surface area contributed by atoms with Crippen LogP contribution in [0.15, 0.2) is 0 Å². The highest BCUT2D eigenvalue weighted by molar-refractivity contribution is 5.76. The lowest BCUT2D eigenvalue weighted by atomic mass is 9.85. The van der Waals surface area contributed by atoms with Gasteiger partial charge in [0.15, 0.2) is 0 Å². The SMILES string of the molecule is CC(C)C(CCN)CCC(=O)NC1CCCCC1C. The molecule has 3 heteroatoms. The minimum Gasteiger partial charge on any atom is -0.353 e. The van der Waals surface area contributed by atoms with Crippen LogP contribution in [-0.2, 0) is 4.79 Å². The van der Waals surface area contributed by atoms with Gasteiger partial charge in [-0.3, -0.25) is 4.79 Å². The molecule has 0 aromatic carbocycles. The molecular formula is C16H32N2O. The van der Waals surface area contributed by atoms with Crippen LogP contribution in [-0.4, -0.2) is 18.5 Å². The molecule has 1 saturated carbocycles. The highest BCUT2D eigenvalue weighted by atomic mass is 16.1. The quantitative estimate of drug-likeness (QED) is 0.745. The van der Waals surface area contributed by atoms with Gasteiger partial charge in [0.1, 0.15) is 0 Å². The summed E-state index contributed by atoms with van der Waals surface area (Å²) in [4.78, 5) is 12.0. The summed E-state index contributed by atoms with van der Waals surface area (Å²) in [7, 11) is 0. The minimum atomic E-state index is 0.237. The molecule has 1 fully saturated rings. The number of rotatable bonds is 7. The van der Waals surface area contributed by atoms with Crippen LogP contribution in [0.4, 0.5) is 0 Å². The maximum Gasteiger partial charge on any atom is 0.220 e. The van der Waals surface area contributed by atoms with E-state index >= 15 is 0 Å². The Morgan fingerprint density at radius 2 is 1.95 bits per heavy atom. The maximum absolute atomic E-state index is 12.0. The molecule has 3 atom stereocenters. The molecule has 1 aliphatic carbocycles. The number of carbonyl (C=O) groups is 1. The fourth-order valence-corrected chi connectivity index (χ4v) is 3.15.